The van der Waals surface area contributed by atoms with Crippen LogP contribution in [0, 0.1) is 0 Å². The van der Waals surface area contributed by atoms with Gasteiger partial charge < -0.3 is 13.7 Å². The van der Waals surface area contributed by atoms with Crippen molar-refractivity contribution in [3.63, 3.8) is 0 Å². The molecule has 0 N–H and O–H groups in total. The number of amides is 2. The normalized spacial score (nSPS) is 14.7. The van der Waals surface area contributed by atoms with Crippen LogP contribution >= 0.6 is 50.9 Å². The molecule has 0 aromatic heterocycles. The lowest BCUT2D eigenvalue weighted by Gasteiger charge is -2.15. The fraction of sp³-hybridized carbons (Fsp3) is 0.154. The number of ether oxygens (including phenoxy) is 2. The number of para-hydroxylation sites is 1. The molecule has 0 spiro atoms. The van der Waals surface area contributed by atoms with E-state index in [0.29, 0.717) is 21.4 Å². The summed E-state index contributed by atoms with van der Waals surface area (Å²) in [6, 6.07) is 15.5. The molecule has 0 bridgehead atoms. The summed E-state index contributed by atoms with van der Waals surface area (Å²) in [5.74, 6) is 0.0414. The van der Waals surface area contributed by atoms with Crippen LogP contribution in [0.2, 0.25) is 10.0 Å². The molecule has 0 aliphatic carbocycles. The molecule has 204 valence electrons. The summed E-state index contributed by atoms with van der Waals surface area (Å²) in [5, 5.41) is 0.370. The molecule has 13 heteroatoms. The summed E-state index contributed by atoms with van der Waals surface area (Å²) in [6.45, 7) is 2.06. The lowest BCUT2D eigenvalue weighted by molar-refractivity contribution is -0.123. The van der Waals surface area contributed by atoms with Crippen LogP contribution in [-0.2, 0) is 14.9 Å². The highest BCUT2D eigenvalue weighted by Gasteiger charge is 2.35. The lowest BCUT2D eigenvalue weighted by atomic mass is 10.2. The number of hydrogen-bond donors (Lipinski definition) is 0. The van der Waals surface area contributed by atoms with E-state index in [1.807, 2.05) is 0 Å². The molecule has 3 aromatic rings. The molecular weight excluding hydrogens is 653 g/mol. The maximum absolute atomic E-state index is 12.9. The number of rotatable bonds is 10. The van der Waals surface area contributed by atoms with Crippen molar-refractivity contribution in [2.24, 2.45) is 0 Å². The highest BCUT2D eigenvalue weighted by atomic mass is 79.9. The Kier molecular flexibility index (Phi) is 9.50. The standard InChI is InChI=1S/C26H20BrCl2NO7S2/c1-2-35-22-14-16(13-19(27)24(22)37-39(33,34)18-9-7-17(28)8-10-18)15-23-25(31)30(26(32)38-23)11-12-36-21-6-4-3-5-20(21)29/h3-10,13-15H,2,11-12H2,1H3/b23-15-. The van der Waals surface area contributed by atoms with E-state index in [1.54, 1.807) is 37.3 Å². The summed E-state index contributed by atoms with van der Waals surface area (Å²) in [7, 11) is -4.20. The topological polar surface area (TPSA) is 99.2 Å². The zero-order chi connectivity index (χ0) is 28.2. The van der Waals surface area contributed by atoms with Gasteiger partial charge in [0, 0.05) is 5.02 Å². The fourth-order valence-corrected chi connectivity index (χ4v) is 6.21. The van der Waals surface area contributed by atoms with Crippen LogP contribution in [0.1, 0.15) is 12.5 Å². The third-order valence-corrected chi connectivity index (χ3v) is 8.50. The van der Waals surface area contributed by atoms with E-state index in [0.717, 1.165) is 16.7 Å². The Hall–Kier alpha value is -2.70. The number of thioether (sulfide) groups is 1. The Balaban J connectivity index is 1.53. The largest absolute Gasteiger partial charge is 0.490 e. The number of hydrogen-bond acceptors (Lipinski definition) is 8. The molecular formula is C26H20BrCl2NO7S2. The third kappa shape index (κ3) is 7.09. The third-order valence-electron chi connectivity index (χ3n) is 5.21. The van der Waals surface area contributed by atoms with Crippen molar-refractivity contribution < 1.29 is 31.7 Å². The average Bonchev–Trinajstić information content (AvgIpc) is 3.15. The van der Waals surface area contributed by atoms with Crippen LogP contribution in [0.25, 0.3) is 6.08 Å². The van der Waals surface area contributed by atoms with Crippen LogP contribution in [0.3, 0.4) is 0 Å². The maximum Gasteiger partial charge on any atom is 0.339 e. The van der Waals surface area contributed by atoms with Crippen molar-refractivity contribution in [1.82, 2.24) is 4.90 Å². The van der Waals surface area contributed by atoms with Crippen LogP contribution < -0.4 is 13.7 Å². The predicted octanol–water partition coefficient (Wildman–Crippen LogP) is 7.04. The number of imide groups is 1. The minimum absolute atomic E-state index is 0.0382. The molecule has 1 saturated heterocycles. The average molecular weight is 673 g/mol. The summed E-state index contributed by atoms with van der Waals surface area (Å²) < 4.78 is 42.6. The molecule has 1 aliphatic heterocycles. The Morgan fingerprint density at radius 1 is 1.00 bits per heavy atom. The van der Waals surface area contributed by atoms with E-state index in [1.165, 1.54) is 36.4 Å². The Morgan fingerprint density at radius 2 is 1.72 bits per heavy atom. The summed E-state index contributed by atoms with van der Waals surface area (Å²) in [4.78, 5) is 26.6. The zero-order valence-corrected chi connectivity index (χ0v) is 25.0. The van der Waals surface area contributed by atoms with E-state index in [2.05, 4.69) is 15.9 Å². The van der Waals surface area contributed by atoms with Crippen molar-refractivity contribution in [3.8, 4) is 17.2 Å². The van der Waals surface area contributed by atoms with Crippen LogP contribution in [0.15, 0.2) is 74.9 Å². The quantitative estimate of drug-likeness (QED) is 0.167. The van der Waals surface area contributed by atoms with Gasteiger partial charge >= 0.3 is 10.1 Å². The molecule has 1 fully saturated rings. The van der Waals surface area contributed by atoms with Crippen molar-refractivity contribution in [3.05, 3.63) is 85.7 Å². The molecule has 0 atom stereocenters. The van der Waals surface area contributed by atoms with Crippen LogP contribution in [0.4, 0.5) is 4.79 Å². The minimum atomic E-state index is -4.20. The number of carbonyl (C=O) groups excluding carboxylic acids is 2. The van der Waals surface area contributed by atoms with Crippen molar-refractivity contribution in [2.75, 3.05) is 19.8 Å². The molecule has 0 unspecified atom stereocenters. The molecule has 3 aromatic carbocycles. The SMILES string of the molecule is CCOc1cc(/C=C2\SC(=O)N(CCOc3ccccc3Cl)C2=O)cc(Br)c1OS(=O)(=O)c1ccc(Cl)cc1. The van der Waals surface area contributed by atoms with Crippen molar-refractivity contribution in [1.29, 1.82) is 0 Å². The van der Waals surface area contributed by atoms with Gasteiger partial charge in [0.05, 0.1) is 27.6 Å². The van der Waals surface area contributed by atoms with Gasteiger partial charge in [0.25, 0.3) is 11.1 Å². The second-order valence-corrected chi connectivity index (χ2v) is 12.1. The smallest absolute Gasteiger partial charge is 0.339 e. The molecule has 4 rings (SSSR count). The van der Waals surface area contributed by atoms with Gasteiger partial charge in [0.2, 0.25) is 0 Å². The first-order chi connectivity index (χ1) is 18.6. The van der Waals surface area contributed by atoms with E-state index < -0.39 is 21.3 Å². The number of halogens is 3. The number of benzene rings is 3. The maximum atomic E-state index is 12.9. The fourth-order valence-electron chi connectivity index (χ4n) is 3.43. The first kappa shape index (κ1) is 29.3. The van der Waals surface area contributed by atoms with Gasteiger partial charge in [-0.15, -0.1) is 0 Å². The predicted molar refractivity (Wildman–Crippen MR) is 154 cm³/mol. The number of carbonyl (C=O) groups is 2. The van der Waals surface area contributed by atoms with Crippen molar-refractivity contribution in [2.45, 2.75) is 11.8 Å². The van der Waals surface area contributed by atoms with Gasteiger partial charge in [-0.2, -0.15) is 8.42 Å². The van der Waals surface area contributed by atoms with Crippen molar-refractivity contribution >= 4 is 78.2 Å². The second kappa shape index (κ2) is 12.6. The van der Waals surface area contributed by atoms with Gasteiger partial charge in [-0.3, -0.25) is 14.5 Å². The second-order valence-electron chi connectivity index (χ2n) is 7.87. The van der Waals surface area contributed by atoms with Gasteiger partial charge in [0.15, 0.2) is 11.5 Å². The minimum Gasteiger partial charge on any atom is -0.490 e. The zero-order valence-electron chi connectivity index (χ0n) is 20.2. The summed E-state index contributed by atoms with van der Waals surface area (Å²) in [5.41, 5.74) is 0.486. The molecule has 0 saturated carbocycles. The van der Waals surface area contributed by atoms with Gasteiger partial charge in [-0.05, 0) is 94.8 Å². The molecule has 39 heavy (non-hydrogen) atoms. The van der Waals surface area contributed by atoms with Crippen LogP contribution in [0.5, 0.6) is 17.2 Å². The highest BCUT2D eigenvalue weighted by Crippen LogP contribution is 2.40. The van der Waals surface area contributed by atoms with E-state index in [-0.39, 0.29) is 45.5 Å². The van der Waals surface area contributed by atoms with Crippen LogP contribution in [-0.4, -0.2) is 44.2 Å². The van der Waals surface area contributed by atoms with Gasteiger partial charge in [0.1, 0.15) is 17.3 Å². The van der Waals surface area contributed by atoms with E-state index in [4.69, 9.17) is 36.9 Å². The molecule has 1 heterocycles. The van der Waals surface area contributed by atoms with Gasteiger partial charge in [-0.25, -0.2) is 0 Å². The summed E-state index contributed by atoms with van der Waals surface area (Å²) in [6.07, 6.45) is 1.52. The first-order valence-corrected chi connectivity index (χ1v) is 15.2. The molecule has 2 amide bonds. The van der Waals surface area contributed by atoms with E-state index in [9.17, 15) is 18.0 Å². The summed E-state index contributed by atoms with van der Waals surface area (Å²) >= 11 is 16.1. The van der Waals surface area contributed by atoms with Gasteiger partial charge in [-0.1, -0.05) is 35.3 Å². The molecule has 0 radical (unpaired) electrons. The molecule has 1 aliphatic rings. The number of nitrogens with zero attached hydrogens (tertiary/aromatic N) is 1. The molecule has 8 nitrogen and oxygen atoms in total. The highest BCUT2D eigenvalue weighted by molar-refractivity contribution is 9.10. The first-order valence-electron chi connectivity index (χ1n) is 11.4. The Morgan fingerprint density at radius 3 is 2.41 bits per heavy atom. The lowest BCUT2D eigenvalue weighted by Crippen LogP contribution is -2.32. The van der Waals surface area contributed by atoms with E-state index >= 15 is 0 Å². The Labute approximate surface area is 248 Å². The monoisotopic (exact) mass is 671 g/mol. The Bertz CT molecular complexity index is 1550.